The highest BCUT2D eigenvalue weighted by atomic mass is 32.2. The van der Waals surface area contributed by atoms with Crippen LogP contribution in [0.1, 0.15) is 5.56 Å². The molecule has 2 heterocycles. The predicted octanol–water partition coefficient (Wildman–Crippen LogP) is 3.94. The van der Waals surface area contributed by atoms with E-state index in [1.54, 1.807) is 11.8 Å². The fourth-order valence-corrected chi connectivity index (χ4v) is 4.04. The normalized spacial score (nSPS) is 18.3. The zero-order valence-electron chi connectivity index (χ0n) is 10.6. The summed E-state index contributed by atoms with van der Waals surface area (Å²) < 4.78 is 5.98. The van der Waals surface area contributed by atoms with E-state index in [0.29, 0.717) is 12.2 Å². The maximum atomic E-state index is 11.1. The van der Waals surface area contributed by atoms with Gasteiger partial charge in [0.25, 0.3) is 0 Å². The quantitative estimate of drug-likeness (QED) is 0.735. The summed E-state index contributed by atoms with van der Waals surface area (Å²) in [6, 6.07) is 12.1. The summed E-state index contributed by atoms with van der Waals surface area (Å²) in [6.45, 7) is 0. The Bertz CT molecular complexity index is 834. The summed E-state index contributed by atoms with van der Waals surface area (Å²) in [4.78, 5) is 12.2. The van der Waals surface area contributed by atoms with Gasteiger partial charge in [0.05, 0.1) is 10.8 Å². The van der Waals surface area contributed by atoms with Crippen LogP contribution in [-0.2, 0) is 11.2 Å². The van der Waals surface area contributed by atoms with Crippen LogP contribution in [0, 0.1) is 5.92 Å². The number of rotatable bonds is 1. The fraction of sp³-hybridized carbons (Fsp3) is 0.188. The summed E-state index contributed by atoms with van der Waals surface area (Å²) in [5, 5.41) is 11.4. The van der Waals surface area contributed by atoms with Gasteiger partial charge in [0.2, 0.25) is 0 Å². The molecule has 1 aliphatic rings. The minimum atomic E-state index is -0.715. The lowest BCUT2D eigenvalue weighted by atomic mass is 9.99. The van der Waals surface area contributed by atoms with Crippen LogP contribution in [0.25, 0.3) is 21.9 Å². The lowest BCUT2D eigenvalue weighted by molar-refractivity contribution is -0.140. The SMILES string of the molecule is O=C(O)C1CSc2c(ccc3c2oc2ccccc23)C1. The van der Waals surface area contributed by atoms with Gasteiger partial charge in [-0.15, -0.1) is 11.8 Å². The molecule has 3 nitrogen and oxygen atoms in total. The van der Waals surface area contributed by atoms with Gasteiger partial charge >= 0.3 is 5.97 Å². The number of benzene rings is 2. The molecule has 0 radical (unpaired) electrons. The Hall–Kier alpha value is -1.94. The molecule has 100 valence electrons. The smallest absolute Gasteiger partial charge is 0.307 e. The van der Waals surface area contributed by atoms with Crippen molar-refractivity contribution in [3.8, 4) is 0 Å². The topological polar surface area (TPSA) is 50.4 Å². The second-order valence-electron chi connectivity index (χ2n) is 5.08. The van der Waals surface area contributed by atoms with Gasteiger partial charge in [0.1, 0.15) is 11.2 Å². The van der Waals surface area contributed by atoms with Crippen molar-refractivity contribution in [2.75, 3.05) is 5.75 Å². The van der Waals surface area contributed by atoms with Crippen molar-refractivity contribution >= 4 is 39.7 Å². The second-order valence-corrected chi connectivity index (χ2v) is 6.11. The van der Waals surface area contributed by atoms with Crippen LogP contribution in [0.15, 0.2) is 45.7 Å². The highest BCUT2D eigenvalue weighted by Crippen LogP contribution is 2.41. The standard InChI is InChI=1S/C16H12O3S/c17-16(18)10-7-9-5-6-12-11-3-1-2-4-13(11)19-14(12)15(9)20-8-10/h1-6,10H,7-8H2,(H,17,18). The van der Waals surface area contributed by atoms with Gasteiger partial charge in [-0.2, -0.15) is 0 Å². The number of furan rings is 1. The second kappa shape index (κ2) is 4.28. The Morgan fingerprint density at radius 3 is 2.90 bits per heavy atom. The highest BCUT2D eigenvalue weighted by Gasteiger charge is 2.27. The highest BCUT2D eigenvalue weighted by molar-refractivity contribution is 7.99. The number of carboxylic acid groups (broad SMARTS) is 1. The number of thioether (sulfide) groups is 1. The third-order valence-electron chi connectivity index (χ3n) is 3.83. The molecule has 1 atom stereocenters. The molecule has 0 amide bonds. The Morgan fingerprint density at radius 1 is 1.20 bits per heavy atom. The average Bonchev–Trinajstić information content (AvgIpc) is 2.85. The van der Waals surface area contributed by atoms with Gasteiger partial charge in [-0.05, 0) is 18.1 Å². The fourth-order valence-electron chi connectivity index (χ4n) is 2.79. The number of fused-ring (bicyclic) bond motifs is 5. The number of hydrogen-bond donors (Lipinski definition) is 1. The van der Waals surface area contributed by atoms with E-state index in [4.69, 9.17) is 9.52 Å². The van der Waals surface area contributed by atoms with Crippen LogP contribution in [0.3, 0.4) is 0 Å². The van der Waals surface area contributed by atoms with Gasteiger partial charge in [-0.1, -0.05) is 30.3 Å². The first-order chi connectivity index (χ1) is 9.74. The average molecular weight is 284 g/mol. The van der Waals surface area contributed by atoms with Crippen LogP contribution in [0.5, 0.6) is 0 Å². The molecular weight excluding hydrogens is 272 g/mol. The summed E-state index contributed by atoms with van der Waals surface area (Å²) in [6.07, 6.45) is 0.588. The van der Waals surface area contributed by atoms with Crippen molar-refractivity contribution in [2.45, 2.75) is 11.3 Å². The molecular formula is C16H12O3S. The van der Waals surface area contributed by atoms with E-state index in [2.05, 4.69) is 6.07 Å². The molecule has 1 aromatic heterocycles. The summed E-state index contributed by atoms with van der Waals surface area (Å²) in [5.74, 6) is -0.402. The molecule has 0 saturated heterocycles. The molecule has 0 bridgehead atoms. The molecule has 0 spiro atoms. The number of hydrogen-bond acceptors (Lipinski definition) is 3. The van der Waals surface area contributed by atoms with E-state index in [-0.39, 0.29) is 5.92 Å². The molecule has 20 heavy (non-hydrogen) atoms. The molecule has 4 heteroatoms. The number of carbonyl (C=O) groups is 1. The van der Waals surface area contributed by atoms with Crippen LogP contribution in [0.4, 0.5) is 0 Å². The molecule has 1 N–H and O–H groups in total. The largest absolute Gasteiger partial charge is 0.481 e. The van der Waals surface area contributed by atoms with Crippen LogP contribution < -0.4 is 0 Å². The maximum Gasteiger partial charge on any atom is 0.307 e. The molecule has 0 fully saturated rings. The van der Waals surface area contributed by atoms with E-state index < -0.39 is 5.97 Å². The summed E-state index contributed by atoms with van der Waals surface area (Å²) in [5.41, 5.74) is 2.87. The maximum absolute atomic E-state index is 11.1. The summed E-state index contributed by atoms with van der Waals surface area (Å²) in [7, 11) is 0. The third-order valence-corrected chi connectivity index (χ3v) is 5.13. The third kappa shape index (κ3) is 1.64. The van der Waals surface area contributed by atoms with Gasteiger partial charge < -0.3 is 9.52 Å². The zero-order valence-corrected chi connectivity index (χ0v) is 11.4. The molecule has 1 unspecified atom stereocenters. The Labute approximate surface area is 119 Å². The first-order valence-corrected chi connectivity index (χ1v) is 7.51. The van der Waals surface area contributed by atoms with Crippen molar-refractivity contribution < 1.29 is 14.3 Å². The van der Waals surface area contributed by atoms with E-state index in [9.17, 15) is 4.79 Å². The number of aliphatic carboxylic acids is 1. The van der Waals surface area contributed by atoms with E-state index in [1.807, 2.05) is 30.3 Å². The Kier molecular flexibility index (Phi) is 2.54. The predicted molar refractivity (Wildman–Crippen MR) is 79.3 cm³/mol. The van der Waals surface area contributed by atoms with Gasteiger partial charge in [0, 0.05) is 16.5 Å². The van der Waals surface area contributed by atoms with Crippen LogP contribution in [-0.4, -0.2) is 16.8 Å². The monoisotopic (exact) mass is 284 g/mol. The number of carboxylic acids is 1. The van der Waals surface area contributed by atoms with Crippen molar-refractivity contribution in [3.05, 3.63) is 42.0 Å². The lowest BCUT2D eigenvalue weighted by Crippen LogP contribution is -2.22. The minimum Gasteiger partial charge on any atom is -0.481 e. The molecule has 2 aromatic carbocycles. The Balaban J connectivity index is 1.94. The van der Waals surface area contributed by atoms with Crippen LogP contribution >= 0.6 is 11.8 Å². The van der Waals surface area contributed by atoms with Crippen LogP contribution in [0.2, 0.25) is 0 Å². The van der Waals surface area contributed by atoms with Gasteiger partial charge in [-0.25, -0.2) is 0 Å². The molecule has 3 aromatic rings. The van der Waals surface area contributed by atoms with E-state index in [0.717, 1.165) is 32.4 Å². The molecule has 4 rings (SSSR count). The van der Waals surface area contributed by atoms with Crippen molar-refractivity contribution in [2.24, 2.45) is 5.92 Å². The molecule has 0 saturated carbocycles. The molecule has 0 aliphatic carbocycles. The Morgan fingerprint density at radius 2 is 2.05 bits per heavy atom. The van der Waals surface area contributed by atoms with E-state index >= 15 is 0 Å². The first kappa shape index (κ1) is 11.9. The van der Waals surface area contributed by atoms with Crippen molar-refractivity contribution in [1.82, 2.24) is 0 Å². The lowest BCUT2D eigenvalue weighted by Gasteiger charge is -2.20. The van der Waals surface area contributed by atoms with E-state index in [1.165, 1.54) is 0 Å². The van der Waals surface area contributed by atoms with Crippen molar-refractivity contribution in [1.29, 1.82) is 0 Å². The zero-order chi connectivity index (χ0) is 13.7. The summed E-state index contributed by atoms with van der Waals surface area (Å²) >= 11 is 1.60. The van der Waals surface area contributed by atoms with Crippen molar-refractivity contribution in [3.63, 3.8) is 0 Å². The van der Waals surface area contributed by atoms with Gasteiger partial charge in [0.15, 0.2) is 0 Å². The minimum absolute atomic E-state index is 0.297. The van der Waals surface area contributed by atoms with Gasteiger partial charge in [-0.3, -0.25) is 4.79 Å². The molecule has 1 aliphatic heterocycles. The first-order valence-electron chi connectivity index (χ1n) is 6.53. The number of para-hydroxylation sites is 1.